The van der Waals surface area contributed by atoms with Crippen molar-refractivity contribution >= 4 is 24.8 Å². The van der Waals surface area contributed by atoms with Crippen molar-refractivity contribution in [3.05, 3.63) is 42.7 Å². The fourth-order valence-corrected chi connectivity index (χ4v) is 4.36. The molecule has 4 unspecified atom stereocenters. The second-order valence-electron chi connectivity index (χ2n) is 6.81. The first-order valence-electron chi connectivity index (χ1n) is 8.84. The number of nitrogen functional groups attached to an aromatic ring is 1. The maximum atomic E-state index is 13.2. The van der Waals surface area contributed by atoms with Gasteiger partial charge in [-0.1, -0.05) is 6.07 Å². The highest BCUT2D eigenvalue weighted by Crippen LogP contribution is 2.49. The molecule has 4 rings (SSSR count). The van der Waals surface area contributed by atoms with Crippen molar-refractivity contribution in [2.75, 3.05) is 18.9 Å². The topological polar surface area (TPSA) is 146 Å². The van der Waals surface area contributed by atoms with Crippen LogP contribution in [0, 0.1) is 17.7 Å². The predicted octanol–water partition coefficient (Wildman–Crippen LogP) is 1.91. The molecular weight excluding hydrogens is 404 g/mol. The Hall–Kier alpha value is -2.59. The van der Waals surface area contributed by atoms with Crippen LogP contribution in [-0.2, 0) is 9.09 Å². The van der Waals surface area contributed by atoms with Crippen LogP contribution in [0.5, 0.6) is 5.75 Å². The average Bonchev–Trinajstić information content (AvgIpc) is 3.06. The molecule has 1 aliphatic carbocycles. The van der Waals surface area contributed by atoms with Gasteiger partial charge in [0, 0.05) is 24.6 Å². The number of nitrogens with zero attached hydrogens (tertiary/aromatic N) is 4. The van der Waals surface area contributed by atoms with Crippen LogP contribution >= 0.6 is 7.82 Å². The highest BCUT2D eigenvalue weighted by atomic mass is 31.2. The minimum Gasteiger partial charge on any atom is -0.404 e. The molecule has 0 radical (unpaired) electrons. The number of aliphatic hydroxyl groups excluding tert-OH is 1. The third-order valence-electron chi connectivity index (χ3n) is 5.07. The lowest BCUT2D eigenvalue weighted by Crippen LogP contribution is -2.42. The summed E-state index contributed by atoms with van der Waals surface area (Å²) < 4.78 is 37.1. The SMILES string of the molecule is Nc1ncnc2c1ncn2C1CC(COP(=O)(O)Oc2cccc(F)c2)C1CO. The molecule has 3 aromatic rings. The molecule has 0 spiro atoms. The summed E-state index contributed by atoms with van der Waals surface area (Å²) >= 11 is 0. The summed E-state index contributed by atoms with van der Waals surface area (Å²) in [6, 6.07) is 4.77. The highest BCUT2D eigenvalue weighted by Gasteiger charge is 2.43. The molecule has 0 amide bonds. The van der Waals surface area contributed by atoms with E-state index in [0.29, 0.717) is 17.6 Å². The van der Waals surface area contributed by atoms with Gasteiger partial charge in [0.05, 0.1) is 12.9 Å². The number of fused-ring (bicyclic) bond motifs is 1. The molecule has 154 valence electrons. The van der Waals surface area contributed by atoms with E-state index in [4.69, 9.17) is 14.8 Å². The third-order valence-corrected chi connectivity index (χ3v) is 5.98. The van der Waals surface area contributed by atoms with Gasteiger partial charge >= 0.3 is 7.82 Å². The van der Waals surface area contributed by atoms with E-state index in [1.54, 1.807) is 6.33 Å². The Morgan fingerprint density at radius 3 is 2.93 bits per heavy atom. The van der Waals surface area contributed by atoms with Crippen LogP contribution < -0.4 is 10.3 Å². The average molecular weight is 423 g/mol. The molecule has 0 aliphatic heterocycles. The third kappa shape index (κ3) is 3.95. The van der Waals surface area contributed by atoms with Gasteiger partial charge in [-0.3, -0.25) is 9.42 Å². The fraction of sp³-hybridized carbons (Fsp3) is 0.353. The number of phosphoric acid groups is 1. The Bertz CT molecular complexity index is 1080. The van der Waals surface area contributed by atoms with Crippen LogP contribution in [-0.4, -0.2) is 42.7 Å². The Kier molecular flexibility index (Phi) is 5.22. The van der Waals surface area contributed by atoms with Crippen LogP contribution in [0.2, 0.25) is 0 Å². The Labute approximate surface area is 164 Å². The summed E-state index contributed by atoms with van der Waals surface area (Å²) in [5.74, 6) is -0.856. The number of halogens is 1. The molecule has 2 aromatic heterocycles. The molecule has 10 nitrogen and oxygen atoms in total. The zero-order valence-electron chi connectivity index (χ0n) is 15.1. The van der Waals surface area contributed by atoms with Gasteiger partial charge in [0.15, 0.2) is 11.5 Å². The number of hydrogen-bond donors (Lipinski definition) is 3. The Balaban J connectivity index is 1.40. The molecule has 4 N–H and O–H groups in total. The molecule has 0 saturated heterocycles. The minimum atomic E-state index is -4.43. The van der Waals surface area contributed by atoms with E-state index in [9.17, 15) is 19.0 Å². The number of rotatable bonds is 7. The van der Waals surface area contributed by atoms with Gasteiger partial charge in [-0.2, -0.15) is 0 Å². The Morgan fingerprint density at radius 2 is 2.17 bits per heavy atom. The lowest BCUT2D eigenvalue weighted by Gasteiger charge is -2.44. The highest BCUT2D eigenvalue weighted by molar-refractivity contribution is 7.47. The van der Waals surface area contributed by atoms with Gasteiger partial charge in [0.2, 0.25) is 0 Å². The maximum absolute atomic E-state index is 13.2. The van der Waals surface area contributed by atoms with Gasteiger partial charge in [0.1, 0.15) is 23.4 Å². The number of imidazole rings is 1. The van der Waals surface area contributed by atoms with E-state index in [1.165, 1.54) is 24.5 Å². The molecule has 4 atom stereocenters. The van der Waals surface area contributed by atoms with Gasteiger partial charge < -0.3 is 19.9 Å². The van der Waals surface area contributed by atoms with Crippen LogP contribution in [0.15, 0.2) is 36.9 Å². The molecule has 1 aliphatic rings. The lowest BCUT2D eigenvalue weighted by atomic mass is 9.70. The number of phosphoric ester groups is 1. The van der Waals surface area contributed by atoms with Crippen molar-refractivity contribution in [2.45, 2.75) is 12.5 Å². The van der Waals surface area contributed by atoms with Gasteiger partial charge in [-0.05, 0) is 24.5 Å². The quantitative estimate of drug-likeness (QED) is 0.485. The van der Waals surface area contributed by atoms with E-state index < -0.39 is 13.6 Å². The van der Waals surface area contributed by atoms with Gasteiger partial charge in [-0.15, -0.1) is 0 Å². The standard InChI is InChI=1S/C17H19FN5O5P/c18-11-2-1-3-12(5-11)28-29(25,26)27-7-10-4-14(13(10)6-24)23-9-22-15-16(19)20-8-21-17(15)23/h1-3,5,8-10,13-14,24H,4,6-7H2,(H,25,26)(H2,19,20,21). The van der Waals surface area contributed by atoms with E-state index in [-0.39, 0.29) is 42.7 Å². The van der Waals surface area contributed by atoms with Crippen molar-refractivity contribution in [2.24, 2.45) is 11.8 Å². The van der Waals surface area contributed by atoms with Crippen molar-refractivity contribution in [1.82, 2.24) is 19.5 Å². The van der Waals surface area contributed by atoms with Crippen LogP contribution in [0.3, 0.4) is 0 Å². The zero-order valence-corrected chi connectivity index (χ0v) is 16.0. The van der Waals surface area contributed by atoms with Gasteiger partial charge in [-0.25, -0.2) is 23.9 Å². The summed E-state index contributed by atoms with van der Waals surface area (Å²) in [4.78, 5) is 22.2. The normalized spacial score (nSPS) is 23.5. The van der Waals surface area contributed by atoms with Crippen LogP contribution in [0.25, 0.3) is 11.2 Å². The zero-order chi connectivity index (χ0) is 20.6. The second-order valence-corrected chi connectivity index (χ2v) is 8.18. The molecule has 1 fully saturated rings. The second kappa shape index (κ2) is 7.68. The number of aromatic nitrogens is 4. The molecule has 1 saturated carbocycles. The first kappa shape index (κ1) is 19.7. The van der Waals surface area contributed by atoms with Crippen LogP contribution in [0.4, 0.5) is 10.2 Å². The Morgan fingerprint density at radius 1 is 1.34 bits per heavy atom. The number of anilines is 1. The summed E-state index contributed by atoms with van der Waals surface area (Å²) in [6.45, 7) is -0.256. The monoisotopic (exact) mass is 423 g/mol. The van der Waals surface area contributed by atoms with E-state index >= 15 is 0 Å². The summed E-state index contributed by atoms with van der Waals surface area (Å²) in [7, 11) is -4.43. The summed E-state index contributed by atoms with van der Waals surface area (Å²) in [5, 5.41) is 9.80. The molecule has 2 heterocycles. The smallest absolute Gasteiger partial charge is 0.404 e. The largest absolute Gasteiger partial charge is 0.527 e. The van der Waals surface area contributed by atoms with Crippen LogP contribution in [0.1, 0.15) is 12.5 Å². The van der Waals surface area contributed by atoms with Gasteiger partial charge in [0.25, 0.3) is 0 Å². The first-order chi connectivity index (χ1) is 13.9. The van der Waals surface area contributed by atoms with Crippen molar-refractivity contribution in [3.8, 4) is 5.75 Å². The number of nitrogens with two attached hydrogens (primary N) is 1. The number of aliphatic hydroxyl groups is 1. The number of hydrogen-bond acceptors (Lipinski definition) is 8. The van der Waals surface area contributed by atoms with Crippen molar-refractivity contribution in [3.63, 3.8) is 0 Å². The fourth-order valence-electron chi connectivity index (χ4n) is 3.55. The van der Waals surface area contributed by atoms with Crippen molar-refractivity contribution in [1.29, 1.82) is 0 Å². The minimum absolute atomic E-state index is 0.103. The predicted molar refractivity (Wildman–Crippen MR) is 100 cm³/mol. The summed E-state index contributed by atoms with van der Waals surface area (Å²) in [6.07, 6.45) is 3.50. The van der Waals surface area contributed by atoms with E-state index in [0.717, 1.165) is 6.07 Å². The van der Waals surface area contributed by atoms with E-state index in [1.807, 2.05) is 4.57 Å². The maximum Gasteiger partial charge on any atom is 0.527 e. The molecule has 1 aromatic carbocycles. The molecule has 12 heteroatoms. The lowest BCUT2D eigenvalue weighted by molar-refractivity contribution is -0.00488. The van der Waals surface area contributed by atoms with E-state index in [2.05, 4.69) is 15.0 Å². The first-order valence-corrected chi connectivity index (χ1v) is 10.3. The molecule has 29 heavy (non-hydrogen) atoms. The molecular formula is C17H19FN5O5P. The molecule has 0 bridgehead atoms. The summed E-state index contributed by atoms with van der Waals surface area (Å²) in [5.41, 5.74) is 6.84. The number of benzene rings is 1. The van der Waals surface area contributed by atoms with Crippen molar-refractivity contribution < 1.29 is 28.0 Å².